The van der Waals surface area contributed by atoms with Gasteiger partial charge in [0.25, 0.3) is 0 Å². The molecule has 2 fully saturated rings. The van der Waals surface area contributed by atoms with Crippen LogP contribution in [0.5, 0.6) is 0 Å². The molecule has 0 unspecified atom stereocenters. The van der Waals surface area contributed by atoms with Crippen LogP contribution in [-0.2, 0) is 12.0 Å². The SMILES string of the molecule is CC(C)(C)c1cnc(CN2CC3(CNC3)C2)[nH]1. The minimum absolute atomic E-state index is 0.166. The van der Waals surface area contributed by atoms with Crippen LogP contribution in [0.15, 0.2) is 6.20 Å². The second-order valence-electron chi connectivity index (χ2n) is 6.74. The highest BCUT2D eigenvalue weighted by Crippen LogP contribution is 2.34. The van der Waals surface area contributed by atoms with E-state index in [2.05, 4.69) is 41.0 Å². The Balaban J connectivity index is 1.57. The van der Waals surface area contributed by atoms with Crippen LogP contribution in [0, 0.1) is 5.41 Å². The highest BCUT2D eigenvalue weighted by Gasteiger charge is 2.47. The second kappa shape index (κ2) is 3.56. The van der Waals surface area contributed by atoms with Gasteiger partial charge < -0.3 is 10.3 Å². The predicted molar refractivity (Wildman–Crippen MR) is 67.9 cm³/mol. The molecule has 2 N–H and O–H groups in total. The summed E-state index contributed by atoms with van der Waals surface area (Å²) in [6, 6.07) is 0. The number of aromatic nitrogens is 2. The first kappa shape index (κ1) is 11.2. The fourth-order valence-corrected chi connectivity index (χ4v) is 2.75. The highest BCUT2D eigenvalue weighted by atomic mass is 15.3. The van der Waals surface area contributed by atoms with Crippen molar-refractivity contribution < 1.29 is 0 Å². The Kier molecular flexibility index (Phi) is 2.35. The fourth-order valence-electron chi connectivity index (χ4n) is 2.75. The number of likely N-dealkylation sites (tertiary alicyclic amines) is 1. The van der Waals surface area contributed by atoms with Gasteiger partial charge in [-0.3, -0.25) is 4.90 Å². The van der Waals surface area contributed by atoms with Crippen LogP contribution >= 0.6 is 0 Å². The van der Waals surface area contributed by atoms with Crippen molar-refractivity contribution in [1.82, 2.24) is 20.2 Å². The van der Waals surface area contributed by atoms with E-state index in [1.165, 1.54) is 31.9 Å². The summed E-state index contributed by atoms with van der Waals surface area (Å²) in [6.07, 6.45) is 1.98. The Labute approximate surface area is 103 Å². The number of nitrogens with zero attached hydrogens (tertiary/aromatic N) is 2. The zero-order valence-corrected chi connectivity index (χ0v) is 11.0. The Hall–Kier alpha value is -0.870. The summed E-state index contributed by atoms with van der Waals surface area (Å²) in [5.74, 6) is 1.11. The van der Waals surface area contributed by atoms with E-state index in [1.807, 2.05) is 6.20 Å². The van der Waals surface area contributed by atoms with Crippen molar-refractivity contribution in [3.63, 3.8) is 0 Å². The molecule has 0 aromatic carbocycles. The molecule has 1 aromatic rings. The van der Waals surface area contributed by atoms with E-state index in [9.17, 15) is 0 Å². The molecular formula is C13H22N4. The molecule has 3 heterocycles. The van der Waals surface area contributed by atoms with Gasteiger partial charge in [-0.15, -0.1) is 0 Å². The van der Waals surface area contributed by atoms with Gasteiger partial charge in [0.2, 0.25) is 0 Å². The summed E-state index contributed by atoms with van der Waals surface area (Å²) in [4.78, 5) is 10.4. The topological polar surface area (TPSA) is 44.0 Å². The van der Waals surface area contributed by atoms with Crippen molar-refractivity contribution in [2.24, 2.45) is 5.41 Å². The number of aromatic amines is 1. The molecule has 94 valence electrons. The van der Waals surface area contributed by atoms with Crippen molar-refractivity contribution in [3.05, 3.63) is 17.7 Å². The molecule has 0 bridgehead atoms. The molecule has 1 aromatic heterocycles. The third kappa shape index (κ3) is 2.00. The summed E-state index contributed by atoms with van der Waals surface area (Å²) >= 11 is 0. The van der Waals surface area contributed by atoms with E-state index in [0.29, 0.717) is 5.41 Å². The Morgan fingerprint density at radius 1 is 1.35 bits per heavy atom. The fraction of sp³-hybridized carbons (Fsp3) is 0.769. The number of H-pyrrole nitrogens is 1. The average Bonchev–Trinajstić information content (AvgIpc) is 2.54. The first-order valence-corrected chi connectivity index (χ1v) is 6.44. The number of hydrogen-bond acceptors (Lipinski definition) is 3. The number of hydrogen-bond donors (Lipinski definition) is 2. The van der Waals surface area contributed by atoms with E-state index >= 15 is 0 Å². The molecule has 4 heteroatoms. The Morgan fingerprint density at radius 3 is 2.53 bits per heavy atom. The molecule has 0 atom stereocenters. The lowest BCUT2D eigenvalue weighted by molar-refractivity contribution is -0.0456. The van der Waals surface area contributed by atoms with Crippen molar-refractivity contribution in [1.29, 1.82) is 0 Å². The van der Waals surface area contributed by atoms with Gasteiger partial charge in [0, 0.05) is 48.9 Å². The lowest BCUT2D eigenvalue weighted by Gasteiger charge is -2.56. The lowest BCUT2D eigenvalue weighted by atomic mass is 9.74. The minimum atomic E-state index is 0.166. The number of nitrogens with one attached hydrogen (secondary N) is 2. The Morgan fingerprint density at radius 2 is 2.06 bits per heavy atom. The van der Waals surface area contributed by atoms with E-state index in [1.54, 1.807) is 0 Å². The maximum absolute atomic E-state index is 4.48. The van der Waals surface area contributed by atoms with Gasteiger partial charge in [-0.1, -0.05) is 20.8 Å². The molecule has 0 radical (unpaired) electrons. The lowest BCUT2D eigenvalue weighted by Crippen LogP contribution is -2.70. The van der Waals surface area contributed by atoms with Gasteiger partial charge >= 0.3 is 0 Å². The molecule has 1 spiro atoms. The highest BCUT2D eigenvalue weighted by molar-refractivity contribution is 5.12. The Bertz CT molecular complexity index is 403. The first-order valence-electron chi connectivity index (χ1n) is 6.44. The molecule has 3 rings (SSSR count). The molecule has 2 saturated heterocycles. The van der Waals surface area contributed by atoms with Crippen LogP contribution in [-0.4, -0.2) is 41.0 Å². The van der Waals surface area contributed by atoms with Crippen LogP contribution in [0.25, 0.3) is 0 Å². The summed E-state index contributed by atoms with van der Waals surface area (Å²) in [6.45, 7) is 12.5. The summed E-state index contributed by atoms with van der Waals surface area (Å²) < 4.78 is 0. The van der Waals surface area contributed by atoms with E-state index in [-0.39, 0.29) is 5.41 Å². The molecule has 0 aliphatic carbocycles. The van der Waals surface area contributed by atoms with E-state index < -0.39 is 0 Å². The number of rotatable bonds is 2. The number of imidazole rings is 1. The van der Waals surface area contributed by atoms with Gasteiger partial charge in [-0.05, 0) is 0 Å². The zero-order chi connectivity index (χ0) is 12.1. The molecule has 0 saturated carbocycles. The average molecular weight is 234 g/mol. The summed E-state index contributed by atoms with van der Waals surface area (Å²) in [5.41, 5.74) is 2.01. The van der Waals surface area contributed by atoms with Gasteiger partial charge in [0.05, 0.1) is 6.54 Å². The maximum atomic E-state index is 4.48. The minimum Gasteiger partial charge on any atom is -0.344 e. The molecule has 17 heavy (non-hydrogen) atoms. The molecule has 2 aliphatic rings. The zero-order valence-electron chi connectivity index (χ0n) is 11.0. The third-order valence-electron chi connectivity index (χ3n) is 3.93. The van der Waals surface area contributed by atoms with Gasteiger partial charge in [0.1, 0.15) is 5.82 Å². The third-order valence-corrected chi connectivity index (χ3v) is 3.93. The van der Waals surface area contributed by atoms with Crippen molar-refractivity contribution in [2.45, 2.75) is 32.7 Å². The van der Waals surface area contributed by atoms with Crippen LogP contribution in [0.3, 0.4) is 0 Å². The molecular weight excluding hydrogens is 212 g/mol. The van der Waals surface area contributed by atoms with Crippen molar-refractivity contribution >= 4 is 0 Å². The standard InChI is InChI=1S/C13H22N4/c1-12(2,3)10-4-15-11(16-10)5-17-8-13(9-17)6-14-7-13/h4,14H,5-9H2,1-3H3,(H,15,16). The molecule has 0 amide bonds. The summed E-state index contributed by atoms with van der Waals surface area (Å²) in [7, 11) is 0. The van der Waals surface area contributed by atoms with Crippen LogP contribution < -0.4 is 5.32 Å². The van der Waals surface area contributed by atoms with Crippen LogP contribution in [0.1, 0.15) is 32.3 Å². The normalized spacial score (nSPS) is 23.5. The van der Waals surface area contributed by atoms with Crippen molar-refractivity contribution in [3.8, 4) is 0 Å². The van der Waals surface area contributed by atoms with E-state index in [0.717, 1.165) is 12.4 Å². The summed E-state index contributed by atoms with van der Waals surface area (Å²) in [5, 5.41) is 3.36. The first-order chi connectivity index (χ1) is 7.97. The molecule has 4 nitrogen and oxygen atoms in total. The van der Waals surface area contributed by atoms with Gasteiger partial charge in [-0.25, -0.2) is 4.98 Å². The van der Waals surface area contributed by atoms with E-state index in [4.69, 9.17) is 0 Å². The smallest absolute Gasteiger partial charge is 0.120 e. The van der Waals surface area contributed by atoms with Gasteiger partial charge in [0.15, 0.2) is 0 Å². The monoisotopic (exact) mass is 234 g/mol. The van der Waals surface area contributed by atoms with Crippen molar-refractivity contribution in [2.75, 3.05) is 26.2 Å². The van der Waals surface area contributed by atoms with Gasteiger partial charge in [-0.2, -0.15) is 0 Å². The van der Waals surface area contributed by atoms with Crippen LogP contribution in [0.2, 0.25) is 0 Å². The predicted octanol–water partition coefficient (Wildman–Crippen LogP) is 1.11. The quantitative estimate of drug-likeness (QED) is 0.806. The largest absolute Gasteiger partial charge is 0.344 e. The molecule has 2 aliphatic heterocycles. The second-order valence-corrected chi connectivity index (χ2v) is 6.74. The maximum Gasteiger partial charge on any atom is 0.120 e. The van der Waals surface area contributed by atoms with Crippen LogP contribution in [0.4, 0.5) is 0 Å².